The predicted molar refractivity (Wildman–Crippen MR) is 81.6 cm³/mol. The molecule has 2 rings (SSSR count). The molecule has 2 aromatic carbocycles. The summed E-state index contributed by atoms with van der Waals surface area (Å²) in [6, 6.07) is 13.9. The maximum Gasteiger partial charge on any atom is 0.163 e. The lowest BCUT2D eigenvalue weighted by atomic mass is 9.98. The van der Waals surface area contributed by atoms with E-state index in [-0.39, 0.29) is 5.78 Å². The summed E-state index contributed by atoms with van der Waals surface area (Å²) in [6.07, 6.45) is 1.32. The molecule has 0 N–H and O–H groups in total. The summed E-state index contributed by atoms with van der Waals surface area (Å²) in [7, 11) is 1.63. The highest BCUT2D eigenvalue weighted by atomic mass is 16.5. The molecule has 0 aromatic heterocycles. The van der Waals surface area contributed by atoms with E-state index in [1.165, 1.54) is 11.1 Å². The van der Waals surface area contributed by atoms with Crippen molar-refractivity contribution < 1.29 is 9.53 Å². The van der Waals surface area contributed by atoms with Gasteiger partial charge in [0.1, 0.15) is 5.75 Å². The highest BCUT2D eigenvalue weighted by molar-refractivity contribution is 5.97. The second-order valence-electron chi connectivity index (χ2n) is 5.09. The van der Waals surface area contributed by atoms with Gasteiger partial charge in [0.2, 0.25) is 0 Å². The Morgan fingerprint density at radius 3 is 2.55 bits per heavy atom. The molecule has 0 aliphatic heterocycles. The fourth-order valence-corrected chi connectivity index (χ4v) is 2.34. The van der Waals surface area contributed by atoms with Crippen molar-refractivity contribution in [1.29, 1.82) is 0 Å². The van der Waals surface area contributed by atoms with Crippen molar-refractivity contribution in [2.24, 2.45) is 0 Å². The van der Waals surface area contributed by atoms with Crippen molar-refractivity contribution >= 4 is 5.78 Å². The van der Waals surface area contributed by atoms with Crippen LogP contribution in [0, 0.1) is 13.8 Å². The number of carbonyl (C=O) groups is 1. The smallest absolute Gasteiger partial charge is 0.163 e. The Balaban J connectivity index is 2.05. The number of ketones is 1. The quantitative estimate of drug-likeness (QED) is 0.762. The van der Waals surface area contributed by atoms with Gasteiger partial charge in [-0.1, -0.05) is 29.8 Å². The van der Waals surface area contributed by atoms with Crippen LogP contribution in [-0.2, 0) is 6.42 Å². The molecule has 0 amide bonds. The van der Waals surface area contributed by atoms with Gasteiger partial charge in [-0.05, 0) is 49.6 Å². The summed E-state index contributed by atoms with van der Waals surface area (Å²) < 4.78 is 5.16. The molecule has 0 saturated carbocycles. The first-order chi connectivity index (χ1) is 9.60. The molecule has 2 nitrogen and oxygen atoms in total. The lowest BCUT2D eigenvalue weighted by molar-refractivity contribution is 0.0982. The average molecular weight is 268 g/mol. The van der Waals surface area contributed by atoms with E-state index < -0.39 is 0 Å². The lowest BCUT2D eigenvalue weighted by Gasteiger charge is -2.07. The van der Waals surface area contributed by atoms with E-state index in [0.29, 0.717) is 6.42 Å². The van der Waals surface area contributed by atoms with Gasteiger partial charge in [0, 0.05) is 12.0 Å². The lowest BCUT2D eigenvalue weighted by Crippen LogP contribution is -2.04. The zero-order valence-electron chi connectivity index (χ0n) is 12.3. The first-order valence-corrected chi connectivity index (χ1v) is 6.83. The molecule has 0 aliphatic carbocycles. The number of benzene rings is 2. The van der Waals surface area contributed by atoms with E-state index in [9.17, 15) is 4.79 Å². The third-order valence-corrected chi connectivity index (χ3v) is 3.46. The summed E-state index contributed by atoms with van der Waals surface area (Å²) in [5, 5.41) is 0. The maximum atomic E-state index is 12.3. The van der Waals surface area contributed by atoms with Crippen molar-refractivity contribution in [3.05, 3.63) is 64.7 Å². The molecule has 0 fully saturated rings. The molecular weight excluding hydrogens is 248 g/mol. The van der Waals surface area contributed by atoms with E-state index in [1.54, 1.807) is 7.11 Å². The minimum Gasteiger partial charge on any atom is -0.497 e. The van der Waals surface area contributed by atoms with Crippen LogP contribution in [0.2, 0.25) is 0 Å². The topological polar surface area (TPSA) is 26.3 Å². The van der Waals surface area contributed by atoms with Gasteiger partial charge in [-0.25, -0.2) is 0 Å². The zero-order chi connectivity index (χ0) is 14.5. The molecule has 0 atom stereocenters. The number of carbonyl (C=O) groups excluding carboxylic acids is 1. The summed E-state index contributed by atoms with van der Waals surface area (Å²) in [6.45, 7) is 4.02. The summed E-state index contributed by atoms with van der Waals surface area (Å²) in [4.78, 5) is 12.3. The Morgan fingerprint density at radius 2 is 1.90 bits per heavy atom. The van der Waals surface area contributed by atoms with Crippen LogP contribution in [0.3, 0.4) is 0 Å². The van der Waals surface area contributed by atoms with E-state index >= 15 is 0 Å². The number of ether oxygens (including phenoxy) is 1. The Morgan fingerprint density at radius 1 is 1.10 bits per heavy atom. The molecule has 104 valence electrons. The fourth-order valence-electron chi connectivity index (χ4n) is 2.34. The van der Waals surface area contributed by atoms with E-state index in [4.69, 9.17) is 4.74 Å². The van der Waals surface area contributed by atoms with Crippen LogP contribution in [0.4, 0.5) is 0 Å². The Kier molecular flexibility index (Phi) is 4.57. The monoisotopic (exact) mass is 268 g/mol. The molecule has 0 radical (unpaired) electrons. The fraction of sp³-hybridized carbons (Fsp3) is 0.278. The van der Waals surface area contributed by atoms with Crippen molar-refractivity contribution in [2.75, 3.05) is 7.11 Å². The van der Waals surface area contributed by atoms with Gasteiger partial charge in [0.15, 0.2) is 5.78 Å². The van der Waals surface area contributed by atoms with E-state index in [0.717, 1.165) is 23.3 Å². The standard InChI is InChI=1S/C18H20O2/c1-13-5-4-6-15(11-13)7-10-18(19)17-9-8-16(20-3)12-14(17)2/h4-6,8-9,11-12H,7,10H2,1-3H3. The molecular formula is C18H20O2. The third kappa shape index (κ3) is 3.47. The average Bonchev–Trinajstić information content (AvgIpc) is 2.44. The van der Waals surface area contributed by atoms with E-state index in [1.807, 2.05) is 31.2 Å². The van der Waals surface area contributed by atoms with Gasteiger partial charge >= 0.3 is 0 Å². The highest BCUT2D eigenvalue weighted by Gasteiger charge is 2.10. The maximum absolute atomic E-state index is 12.3. The van der Waals surface area contributed by atoms with Gasteiger partial charge in [-0.3, -0.25) is 4.79 Å². The minimum absolute atomic E-state index is 0.187. The normalized spacial score (nSPS) is 10.3. The Labute approximate surface area is 120 Å². The van der Waals surface area contributed by atoms with Gasteiger partial charge in [0.05, 0.1) is 7.11 Å². The number of hydrogen-bond donors (Lipinski definition) is 0. The largest absolute Gasteiger partial charge is 0.497 e. The van der Waals surface area contributed by atoms with Crippen LogP contribution in [0.15, 0.2) is 42.5 Å². The number of methoxy groups -OCH3 is 1. The number of Topliss-reactive ketones (excluding diaryl/α,β-unsaturated/α-hetero) is 1. The van der Waals surface area contributed by atoms with Gasteiger partial charge in [-0.15, -0.1) is 0 Å². The van der Waals surface area contributed by atoms with Crippen LogP contribution in [0.5, 0.6) is 5.75 Å². The van der Waals surface area contributed by atoms with Gasteiger partial charge in [0.25, 0.3) is 0 Å². The molecule has 0 spiro atoms. The SMILES string of the molecule is COc1ccc(C(=O)CCc2cccc(C)c2)c(C)c1. The van der Waals surface area contributed by atoms with Crippen molar-refractivity contribution in [3.63, 3.8) is 0 Å². The Hall–Kier alpha value is -2.09. The molecule has 2 heteroatoms. The predicted octanol–water partition coefficient (Wildman–Crippen LogP) is 4.13. The van der Waals surface area contributed by atoms with Crippen molar-refractivity contribution in [1.82, 2.24) is 0 Å². The molecule has 20 heavy (non-hydrogen) atoms. The number of hydrogen-bond acceptors (Lipinski definition) is 2. The first-order valence-electron chi connectivity index (χ1n) is 6.83. The minimum atomic E-state index is 0.187. The zero-order valence-corrected chi connectivity index (χ0v) is 12.3. The van der Waals surface area contributed by atoms with Crippen LogP contribution >= 0.6 is 0 Å². The van der Waals surface area contributed by atoms with E-state index in [2.05, 4.69) is 25.1 Å². The second-order valence-corrected chi connectivity index (χ2v) is 5.09. The summed E-state index contributed by atoms with van der Waals surface area (Å²) >= 11 is 0. The molecule has 0 heterocycles. The Bertz CT molecular complexity index is 615. The first kappa shape index (κ1) is 14.3. The van der Waals surface area contributed by atoms with Gasteiger partial charge in [-0.2, -0.15) is 0 Å². The van der Waals surface area contributed by atoms with Crippen LogP contribution in [0.25, 0.3) is 0 Å². The number of rotatable bonds is 5. The van der Waals surface area contributed by atoms with Crippen LogP contribution in [-0.4, -0.2) is 12.9 Å². The molecule has 0 aliphatic rings. The van der Waals surface area contributed by atoms with Crippen molar-refractivity contribution in [3.8, 4) is 5.75 Å². The molecule has 0 bridgehead atoms. The van der Waals surface area contributed by atoms with Crippen LogP contribution in [0.1, 0.15) is 33.5 Å². The van der Waals surface area contributed by atoms with Gasteiger partial charge < -0.3 is 4.74 Å². The summed E-state index contributed by atoms with van der Waals surface area (Å²) in [5.74, 6) is 0.976. The molecule has 0 saturated heterocycles. The van der Waals surface area contributed by atoms with Crippen LogP contribution < -0.4 is 4.74 Å². The highest BCUT2D eigenvalue weighted by Crippen LogP contribution is 2.19. The second kappa shape index (κ2) is 6.38. The third-order valence-electron chi connectivity index (χ3n) is 3.46. The van der Waals surface area contributed by atoms with Crippen molar-refractivity contribution in [2.45, 2.75) is 26.7 Å². The molecule has 2 aromatic rings. The molecule has 0 unspecified atom stereocenters. The summed E-state index contributed by atoms with van der Waals surface area (Å²) in [5.41, 5.74) is 4.21. The number of aryl methyl sites for hydroxylation is 3.